The second kappa shape index (κ2) is 5.83. The zero-order chi connectivity index (χ0) is 13.9. The van der Waals surface area contributed by atoms with Gasteiger partial charge in [0.2, 0.25) is 0 Å². The summed E-state index contributed by atoms with van der Waals surface area (Å²) in [6, 6.07) is 6.61. The van der Waals surface area contributed by atoms with Crippen molar-refractivity contribution in [3.05, 3.63) is 23.8 Å². The summed E-state index contributed by atoms with van der Waals surface area (Å²) in [5.74, 6) is 1.60. The maximum atomic E-state index is 5.41. The van der Waals surface area contributed by atoms with Crippen LogP contribution in [0.4, 0.5) is 0 Å². The highest BCUT2D eigenvalue weighted by Gasteiger charge is 2.37. The van der Waals surface area contributed by atoms with Gasteiger partial charge >= 0.3 is 0 Å². The third-order valence-electron chi connectivity index (χ3n) is 4.47. The fraction of sp³-hybridized carbons (Fsp3) is 0.625. The lowest BCUT2D eigenvalue weighted by Gasteiger charge is -2.34. The normalized spacial score (nSPS) is 19.2. The Bertz CT molecular complexity index is 425. The van der Waals surface area contributed by atoms with Gasteiger partial charge in [-0.2, -0.15) is 0 Å². The van der Waals surface area contributed by atoms with Crippen molar-refractivity contribution in [3.63, 3.8) is 0 Å². The predicted molar refractivity (Wildman–Crippen MR) is 77.9 cm³/mol. The first-order valence-corrected chi connectivity index (χ1v) is 7.04. The van der Waals surface area contributed by atoms with Gasteiger partial charge in [0.05, 0.1) is 14.2 Å². The van der Waals surface area contributed by atoms with E-state index in [9.17, 15) is 0 Å². The van der Waals surface area contributed by atoms with Crippen LogP contribution >= 0.6 is 0 Å². The summed E-state index contributed by atoms with van der Waals surface area (Å²) < 4.78 is 10.7. The number of rotatable bonds is 5. The zero-order valence-corrected chi connectivity index (χ0v) is 12.5. The van der Waals surface area contributed by atoms with Crippen molar-refractivity contribution in [2.24, 2.45) is 5.41 Å². The van der Waals surface area contributed by atoms with E-state index in [1.165, 1.54) is 31.2 Å². The minimum atomic E-state index is 0.342. The topological polar surface area (TPSA) is 30.5 Å². The van der Waals surface area contributed by atoms with Gasteiger partial charge in [-0.25, -0.2) is 0 Å². The van der Waals surface area contributed by atoms with Gasteiger partial charge in [-0.15, -0.1) is 0 Å². The van der Waals surface area contributed by atoms with E-state index in [2.05, 4.69) is 24.4 Å². The molecule has 3 heteroatoms. The lowest BCUT2D eigenvalue weighted by atomic mass is 9.77. The van der Waals surface area contributed by atoms with Gasteiger partial charge in [0.25, 0.3) is 0 Å². The van der Waals surface area contributed by atoms with Gasteiger partial charge in [0.1, 0.15) is 0 Å². The van der Waals surface area contributed by atoms with Crippen LogP contribution in [0.1, 0.15) is 44.2 Å². The largest absolute Gasteiger partial charge is 0.493 e. The Morgan fingerprint density at radius 3 is 2.26 bits per heavy atom. The van der Waals surface area contributed by atoms with Gasteiger partial charge in [-0.1, -0.05) is 25.8 Å². The maximum Gasteiger partial charge on any atom is 0.161 e. The van der Waals surface area contributed by atoms with Crippen LogP contribution in [0, 0.1) is 5.41 Å². The summed E-state index contributed by atoms with van der Waals surface area (Å²) in [5.41, 5.74) is 1.62. The van der Waals surface area contributed by atoms with Gasteiger partial charge < -0.3 is 14.8 Å². The van der Waals surface area contributed by atoms with Crippen LogP contribution in [0.15, 0.2) is 18.2 Å². The molecule has 1 aromatic rings. The van der Waals surface area contributed by atoms with E-state index in [1.807, 2.05) is 13.1 Å². The van der Waals surface area contributed by atoms with E-state index >= 15 is 0 Å². The summed E-state index contributed by atoms with van der Waals surface area (Å²) >= 11 is 0. The van der Waals surface area contributed by atoms with E-state index in [-0.39, 0.29) is 0 Å². The summed E-state index contributed by atoms with van der Waals surface area (Å²) in [4.78, 5) is 0. The predicted octanol–water partition coefficient (Wildman–Crippen LogP) is 3.54. The first kappa shape index (κ1) is 14.2. The van der Waals surface area contributed by atoms with Crippen LogP contribution in [0.2, 0.25) is 0 Å². The third-order valence-corrected chi connectivity index (χ3v) is 4.47. The lowest BCUT2D eigenvalue weighted by Crippen LogP contribution is -2.32. The van der Waals surface area contributed by atoms with Crippen LogP contribution in [0.25, 0.3) is 0 Å². The highest BCUT2D eigenvalue weighted by molar-refractivity contribution is 5.44. The molecule has 106 valence electrons. The molecule has 1 unspecified atom stereocenters. The van der Waals surface area contributed by atoms with Gasteiger partial charge in [0.15, 0.2) is 11.5 Å². The van der Waals surface area contributed by atoms with E-state index in [4.69, 9.17) is 9.47 Å². The molecule has 1 atom stereocenters. The molecule has 0 spiro atoms. The highest BCUT2D eigenvalue weighted by Crippen LogP contribution is 2.47. The molecule has 3 nitrogen and oxygen atoms in total. The van der Waals surface area contributed by atoms with Gasteiger partial charge in [-0.3, -0.25) is 0 Å². The molecule has 0 saturated heterocycles. The Hall–Kier alpha value is -1.22. The van der Waals surface area contributed by atoms with Crippen molar-refractivity contribution in [2.75, 3.05) is 21.3 Å². The molecule has 1 N–H and O–H groups in total. The monoisotopic (exact) mass is 263 g/mol. The summed E-state index contributed by atoms with van der Waals surface area (Å²) in [6.45, 7) is 2.39. The lowest BCUT2D eigenvalue weighted by molar-refractivity contribution is 0.233. The third kappa shape index (κ3) is 2.71. The minimum absolute atomic E-state index is 0.342. The molecular weight excluding hydrogens is 238 g/mol. The van der Waals surface area contributed by atoms with Gasteiger partial charge in [-0.05, 0) is 43.0 Å². The smallest absolute Gasteiger partial charge is 0.161 e. The SMILES string of the molecule is CNC(c1ccc(OC)c(OC)c1)C1(C)CCCC1. The fourth-order valence-corrected chi connectivity index (χ4v) is 3.42. The van der Waals surface area contributed by atoms with Crippen molar-refractivity contribution >= 4 is 0 Å². The summed E-state index contributed by atoms with van der Waals surface area (Å²) in [7, 11) is 5.41. The maximum absolute atomic E-state index is 5.41. The van der Waals surface area contributed by atoms with Crippen molar-refractivity contribution in [1.82, 2.24) is 5.32 Å². The van der Waals surface area contributed by atoms with E-state index in [0.717, 1.165) is 11.5 Å². The Labute approximate surface area is 116 Å². The molecule has 1 aromatic carbocycles. The van der Waals surface area contributed by atoms with Crippen molar-refractivity contribution in [3.8, 4) is 11.5 Å². The number of nitrogens with one attached hydrogen (secondary N) is 1. The Balaban J connectivity index is 2.33. The van der Waals surface area contributed by atoms with Crippen LogP contribution in [0.5, 0.6) is 11.5 Å². The number of ether oxygens (including phenoxy) is 2. The Morgan fingerprint density at radius 1 is 1.11 bits per heavy atom. The minimum Gasteiger partial charge on any atom is -0.493 e. The Kier molecular flexibility index (Phi) is 4.35. The molecule has 0 heterocycles. The summed E-state index contributed by atoms with van der Waals surface area (Å²) in [6.07, 6.45) is 5.24. The zero-order valence-electron chi connectivity index (χ0n) is 12.5. The van der Waals surface area contributed by atoms with E-state index in [0.29, 0.717) is 11.5 Å². The molecule has 0 bridgehead atoms. The average molecular weight is 263 g/mol. The Morgan fingerprint density at radius 2 is 1.74 bits per heavy atom. The number of hydrogen-bond donors (Lipinski definition) is 1. The van der Waals surface area contributed by atoms with Crippen LogP contribution in [-0.2, 0) is 0 Å². The molecule has 1 aliphatic rings. The van der Waals surface area contributed by atoms with Crippen molar-refractivity contribution < 1.29 is 9.47 Å². The number of benzene rings is 1. The fourth-order valence-electron chi connectivity index (χ4n) is 3.42. The molecule has 0 amide bonds. The molecule has 19 heavy (non-hydrogen) atoms. The quantitative estimate of drug-likeness (QED) is 0.881. The summed E-state index contributed by atoms with van der Waals surface area (Å²) in [5, 5.41) is 3.49. The number of methoxy groups -OCH3 is 2. The standard InChI is InChI=1S/C16H25NO2/c1-16(9-5-6-10-16)15(17-2)12-7-8-13(18-3)14(11-12)19-4/h7-8,11,15,17H,5-6,9-10H2,1-4H3. The van der Waals surface area contributed by atoms with Crippen molar-refractivity contribution in [2.45, 2.75) is 38.6 Å². The van der Waals surface area contributed by atoms with Crippen molar-refractivity contribution in [1.29, 1.82) is 0 Å². The highest BCUT2D eigenvalue weighted by atomic mass is 16.5. The second-order valence-corrected chi connectivity index (χ2v) is 5.70. The molecule has 0 aliphatic heterocycles. The second-order valence-electron chi connectivity index (χ2n) is 5.70. The average Bonchev–Trinajstić information content (AvgIpc) is 2.86. The molecular formula is C16H25NO2. The van der Waals surface area contributed by atoms with Crippen LogP contribution in [-0.4, -0.2) is 21.3 Å². The van der Waals surface area contributed by atoms with E-state index in [1.54, 1.807) is 14.2 Å². The molecule has 2 rings (SSSR count). The van der Waals surface area contributed by atoms with Crippen LogP contribution < -0.4 is 14.8 Å². The number of hydrogen-bond acceptors (Lipinski definition) is 3. The van der Waals surface area contributed by atoms with E-state index < -0.39 is 0 Å². The molecule has 0 radical (unpaired) electrons. The first-order valence-electron chi connectivity index (χ1n) is 7.04. The molecule has 0 aromatic heterocycles. The molecule has 1 aliphatic carbocycles. The van der Waals surface area contributed by atoms with Gasteiger partial charge in [0, 0.05) is 6.04 Å². The molecule has 1 fully saturated rings. The van der Waals surface area contributed by atoms with Crippen LogP contribution in [0.3, 0.4) is 0 Å². The first-order chi connectivity index (χ1) is 9.14. The molecule has 1 saturated carbocycles.